The number of aromatic nitrogens is 1. The van der Waals surface area contributed by atoms with Gasteiger partial charge in [-0.05, 0) is 48.9 Å². The Balaban J connectivity index is 1.39. The van der Waals surface area contributed by atoms with Gasteiger partial charge in [0.05, 0.1) is 12.8 Å². The summed E-state index contributed by atoms with van der Waals surface area (Å²) < 4.78 is 5.39. The molecular weight excluding hydrogens is 444 g/mol. The van der Waals surface area contributed by atoms with Crippen molar-refractivity contribution in [3.63, 3.8) is 0 Å². The zero-order valence-corrected chi connectivity index (χ0v) is 19.6. The van der Waals surface area contributed by atoms with E-state index in [1.807, 2.05) is 43.3 Å². The van der Waals surface area contributed by atoms with Crippen molar-refractivity contribution in [3.8, 4) is 0 Å². The number of amides is 4. The number of piperidine rings is 1. The van der Waals surface area contributed by atoms with Crippen LogP contribution in [0.4, 0.5) is 4.79 Å². The SMILES string of the molecule is Cc1ccoc1C(=O)N1CCC([C@@]2(Cc3ccccc3)NC(=O)N(Cc3cccnc3)C2=O)CC1. The maximum absolute atomic E-state index is 13.9. The number of benzene rings is 1. The number of urea groups is 1. The number of nitrogens with one attached hydrogen (secondary N) is 1. The molecule has 1 aromatic carbocycles. The molecule has 4 amide bonds. The molecule has 1 atom stereocenters. The van der Waals surface area contributed by atoms with Crippen LogP contribution in [0, 0.1) is 12.8 Å². The van der Waals surface area contributed by atoms with Crippen molar-refractivity contribution in [1.29, 1.82) is 0 Å². The lowest BCUT2D eigenvalue weighted by atomic mass is 9.74. The van der Waals surface area contributed by atoms with Crippen LogP contribution in [-0.2, 0) is 17.8 Å². The second-order valence-electron chi connectivity index (χ2n) is 9.32. The summed E-state index contributed by atoms with van der Waals surface area (Å²) >= 11 is 0. The van der Waals surface area contributed by atoms with Crippen LogP contribution < -0.4 is 5.32 Å². The molecule has 1 N–H and O–H groups in total. The summed E-state index contributed by atoms with van der Waals surface area (Å²) in [5.41, 5.74) is 1.52. The summed E-state index contributed by atoms with van der Waals surface area (Å²) in [4.78, 5) is 47.1. The van der Waals surface area contributed by atoms with Gasteiger partial charge < -0.3 is 14.6 Å². The minimum absolute atomic E-state index is 0.111. The van der Waals surface area contributed by atoms with Gasteiger partial charge in [-0.15, -0.1) is 0 Å². The summed E-state index contributed by atoms with van der Waals surface area (Å²) in [7, 11) is 0. The van der Waals surface area contributed by atoms with Crippen LogP contribution in [0.2, 0.25) is 0 Å². The quantitative estimate of drug-likeness (QED) is 0.554. The number of hydrogen-bond acceptors (Lipinski definition) is 5. The number of carbonyl (C=O) groups is 3. The highest BCUT2D eigenvalue weighted by molar-refractivity contribution is 6.07. The largest absolute Gasteiger partial charge is 0.459 e. The predicted octanol–water partition coefficient (Wildman–Crippen LogP) is 3.57. The van der Waals surface area contributed by atoms with E-state index in [0.717, 1.165) is 16.7 Å². The monoisotopic (exact) mass is 472 g/mol. The van der Waals surface area contributed by atoms with Crippen molar-refractivity contribution in [1.82, 2.24) is 20.1 Å². The molecule has 0 unspecified atom stereocenters. The lowest BCUT2D eigenvalue weighted by Crippen LogP contribution is -2.58. The van der Waals surface area contributed by atoms with E-state index in [1.54, 1.807) is 29.4 Å². The van der Waals surface area contributed by atoms with Crippen molar-refractivity contribution in [2.24, 2.45) is 5.92 Å². The van der Waals surface area contributed by atoms with E-state index in [9.17, 15) is 14.4 Å². The number of furan rings is 1. The number of pyridine rings is 1. The van der Waals surface area contributed by atoms with Crippen LogP contribution in [0.15, 0.2) is 71.6 Å². The molecule has 0 spiro atoms. The number of carbonyl (C=O) groups excluding carboxylic acids is 3. The molecular formula is C27H28N4O4. The molecule has 2 aliphatic rings. The molecule has 180 valence electrons. The fourth-order valence-corrected chi connectivity index (χ4v) is 5.23. The Morgan fingerprint density at radius 2 is 1.83 bits per heavy atom. The third-order valence-corrected chi connectivity index (χ3v) is 7.13. The molecule has 35 heavy (non-hydrogen) atoms. The molecule has 0 radical (unpaired) electrons. The molecule has 0 saturated carbocycles. The van der Waals surface area contributed by atoms with Gasteiger partial charge >= 0.3 is 6.03 Å². The molecule has 8 heteroatoms. The van der Waals surface area contributed by atoms with Crippen molar-refractivity contribution < 1.29 is 18.8 Å². The number of hydrogen-bond donors (Lipinski definition) is 1. The van der Waals surface area contributed by atoms with Gasteiger partial charge in [-0.1, -0.05) is 36.4 Å². The van der Waals surface area contributed by atoms with Gasteiger partial charge in [0.15, 0.2) is 5.76 Å². The van der Waals surface area contributed by atoms with Gasteiger partial charge in [-0.3, -0.25) is 19.5 Å². The van der Waals surface area contributed by atoms with Crippen molar-refractivity contribution in [2.75, 3.05) is 13.1 Å². The van der Waals surface area contributed by atoms with E-state index in [0.29, 0.717) is 38.1 Å². The van der Waals surface area contributed by atoms with E-state index in [4.69, 9.17) is 4.42 Å². The second kappa shape index (κ2) is 9.37. The number of nitrogens with zero attached hydrogens (tertiary/aromatic N) is 3. The normalized spacial score (nSPS) is 20.8. The average molecular weight is 473 g/mol. The van der Waals surface area contributed by atoms with Gasteiger partial charge in [-0.25, -0.2) is 4.79 Å². The van der Waals surface area contributed by atoms with Crippen molar-refractivity contribution in [3.05, 3.63) is 89.6 Å². The fourth-order valence-electron chi connectivity index (χ4n) is 5.23. The summed E-state index contributed by atoms with van der Waals surface area (Å²) in [6.45, 7) is 3.00. The Morgan fingerprint density at radius 1 is 1.09 bits per heavy atom. The number of aryl methyl sites for hydroxylation is 1. The molecule has 2 saturated heterocycles. The van der Waals surface area contributed by atoms with Crippen molar-refractivity contribution >= 4 is 17.8 Å². The first-order chi connectivity index (χ1) is 17.0. The molecule has 2 aliphatic heterocycles. The average Bonchev–Trinajstić information content (AvgIpc) is 3.42. The summed E-state index contributed by atoms with van der Waals surface area (Å²) in [6.07, 6.45) is 6.45. The Morgan fingerprint density at radius 3 is 2.49 bits per heavy atom. The minimum Gasteiger partial charge on any atom is -0.459 e. The van der Waals surface area contributed by atoms with Crippen LogP contribution in [0.5, 0.6) is 0 Å². The third kappa shape index (κ3) is 4.32. The van der Waals surface area contributed by atoms with Crippen LogP contribution >= 0.6 is 0 Å². The highest BCUT2D eigenvalue weighted by atomic mass is 16.3. The van der Waals surface area contributed by atoms with E-state index >= 15 is 0 Å². The molecule has 2 fully saturated rings. The maximum atomic E-state index is 13.9. The molecule has 8 nitrogen and oxygen atoms in total. The summed E-state index contributed by atoms with van der Waals surface area (Å²) in [6, 6.07) is 14.8. The summed E-state index contributed by atoms with van der Waals surface area (Å²) in [5.74, 6) is -0.111. The topological polar surface area (TPSA) is 95.8 Å². The van der Waals surface area contributed by atoms with Crippen LogP contribution in [0.25, 0.3) is 0 Å². The van der Waals surface area contributed by atoms with Gasteiger partial charge in [0, 0.05) is 37.5 Å². The first-order valence-electron chi connectivity index (χ1n) is 11.9. The lowest BCUT2D eigenvalue weighted by molar-refractivity contribution is -0.134. The van der Waals surface area contributed by atoms with Gasteiger partial charge in [0.1, 0.15) is 5.54 Å². The third-order valence-electron chi connectivity index (χ3n) is 7.13. The first kappa shape index (κ1) is 22.8. The highest BCUT2D eigenvalue weighted by Crippen LogP contribution is 2.37. The minimum atomic E-state index is -1.06. The van der Waals surface area contributed by atoms with Crippen LogP contribution in [0.1, 0.15) is 40.1 Å². The zero-order valence-electron chi connectivity index (χ0n) is 19.6. The molecule has 4 heterocycles. The Hall–Kier alpha value is -3.94. The summed E-state index contributed by atoms with van der Waals surface area (Å²) in [5, 5.41) is 3.08. The Bertz CT molecular complexity index is 1220. The zero-order chi connectivity index (χ0) is 24.4. The molecule has 2 aromatic heterocycles. The number of likely N-dealkylation sites (tertiary alicyclic amines) is 1. The number of rotatable bonds is 6. The van der Waals surface area contributed by atoms with Crippen LogP contribution in [-0.4, -0.2) is 51.3 Å². The first-order valence-corrected chi connectivity index (χ1v) is 11.9. The van der Waals surface area contributed by atoms with Crippen LogP contribution in [0.3, 0.4) is 0 Å². The molecule has 0 bridgehead atoms. The van der Waals surface area contributed by atoms with Gasteiger partial charge in [0.2, 0.25) is 0 Å². The van der Waals surface area contributed by atoms with E-state index in [2.05, 4.69) is 10.3 Å². The fraction of sp³-hybridized carbons (Fsp3) is 0.333. The molecule has 5 rings (SSSR count). The maximum Gasteiger partial charge on any atom is 0.325 e. The highest BCUT2D eigenvalue weighted by Gasteiger charge is 2.56. The predicted molar refractivity (Wildman–Crippen MR) is 128 cm³/mol. The van der Waals surface area contributed by atoms with Crippen molar-refractivity contribution in [2.45, 2.75) is 38.3 Å². The molecule has 0 aliphatic carbocycles. The van der Waals surface area contributed by atoms with E-state index in [-0.39, 0.29) is 30.3 Å². The van der Waals surface area contributed by atoms with E-state index < -0.39 is 5.54 Å². The van der Waals surface area contributed by atoms with Gasteiger partial charge in [0.25, 0.3) is 11.8 Å². The van der Waals surface area contributed by atoms with Gasteiger partial charge in [-0.2, -0.15) is 0 Å². The second-order valence-corrected chi connectivity index (χ2v) is 9.32. The van der Waals surface area contributed by atoms with E-state index in [1.165, 1.54) is 11.2 Å². The lowest BCUT2D eigenvalue weighted by Gasteiger charge is -2.41. The molecule has 3 aromatic rings. The Labute approximate surface area is 203 Å². The smallest absolute Gasteiger partial charge is 0.325 e. The standard InChI is InChI=1S/C27H28N4O4/c1-19-11-15-35-23(19)24(32)30-13-9-22(10-14-30)27(16-20-6-3-2-4-7-20)25(33)31(26(34)29-27)18-21-8-5-12-28-17-21/h2-8,11-12,15,17,22H,9-10,13-14,16,18H2,1H3,(H,29,34)/t27-/m1/s1. The number of imide groups is 1. The Kier molecular flexibility index (Phi) is 6.11.